The van der Waals surface area contributed by atoms with Crippen LogP contribution in [-0.4, -0.2) is 25.6 Å². The van der Waals surface area contributed by atoms with E-state index in [9.17, 15) is 0 Å². The van der Waals surface area contributed by atoms with Gasteiger partial charge in [-0.3, -0.25) is 4.99 Å². The molecule has 1 fully saturated rings. The summed E-state index contributed by atoms with van der Waals surface area (Å²) in [5.74, 6) is 0.740. The van der Waals surface area contributed by atoms with Gasteiger partial charge in [-0.15, -0.1) is 0 Å². The smallest absolute Gasteiger partial charge is 0.0963 e. The molecule has 1 rings (SSSR count). The van der Waals surface area contributed by atoms with Gasteiger partial charge in [0.1, 0.15) is 0 Å². The highest BCUT2D eigenvalue weighted by Crippen LogP contribution is 2.23. The minimum absolute atomic E-state index is 0.539. The molecule has 0 aromatic rings. The van der Waals surface area contributed by atoms with Crippen LogP contribution in [0.4, 0.5) is 0 Å². The second kappa shape index (κ2) is 3.56. The fourth-order valence-electron chi connectivity index (χ4n) is 0.709. The summed E-state index contributed by atoms with van der Waals surface area (Å²) in [5.41, 5.74) is 5.57. The topological polar surface area (TPSA) is 47.6 Å². The summed E-state index contributed by atoms with van der Waals surface area (Å²) >= 11 is 0. The first kappa shape index (κ1) is 7.54. The number of rotatable bonds is 4. The molecule has 0 saturated heterocycles. The van der Waals surface area contributed by atoms with E-state index in [1.165, 1.54) is 12.8 Å². The van der Waals surface area contributed by atoms with Crippen molar-refractivity contribution in [3.05, 3.63) is 0 Å². The number of aliphatic imine (C=N–C) groups is 1. The fourth-order valence-corrected chi connectivity index (χ4v) is 0.709. The predicted molar refractivity (Wildman–Crippen MR) is 41.1 cm³/mol. The Bertz CT molecular complexity index is 130. The third-order valence-electron chi connectivity index (χ3n) is 1.46. The van der Waals surface area contributed by atoms with Crippen LogP contribution >= 0.6 is 0 Å². The van der Waals surface area contributed by atoms with E-state index in [1.54, 1.807) is 7.11 Å². The summed E-state index contributed by atoms with van der Waals surface area (Å²) < 4.78 is 4.85. The molecule has 1 aliphatic rings. The summed E-state index contributed by atoms with van der Waals surface area (Å²) in [4.78, 5) is 4.24. The Morgan fingerprint density at radius 2 is 2.40 bits per heavy atom. The van der Waals surface area contributed by atoms with Gasteiger partial charge >= 0.3 is 0 Å². The SMILES string of the molecule is COCCC(N)=NC1CC1. The minimum atomic E-state index is 0.539. The van der Waals surface area contributed by atoms with Gasteiger partial charge in [0, 0.05) is 13.5 Å². The zero-order valence-electron chi connectivity index (χ0n) is 6.34. The normalized spacial score (nSPS) is 19.5. The van der Waals surface area contributed by atoms with Gasteiger partial charge in [0.05, 0.1) is 18.5 Å². The van der Waals surface area contributed by atoms with Crippen LogP contribution in [0.3, 0.4) is 0 Å². The van der Waals surface area contributed by atoms with E-state index in [-0.39, 0.29) is 0 Å². The van der Waals surface area contributed by atoms with Crippen molar-refractivity contribution in [2.45, 2.75) is 25.3 Å². The molecule has 2 N–H and O–H groups in total. The van der Waals surface area contributed by atoms with Crippen molar-refractivity contribution in [3.8, 4) is 0 Å². The lowest BCUT2D eigenvalue weighted by atomic mass is 10.4. The Labute approximate surface area is 61.3 Å². The van der Waals surface area contributed by atoms with Gasteiger partial charge in [-0.2, -0.15) is 0 Å². The Balaban J connectivity index is 2.11. The summed E-state index contributed by atoms with van der Waals surface area (Å²) in [6.07, 6.45) is 3.20. The van der Waals surface area contributed by atoms with Crippen LogP contribution in [-0.2, 0) is 4.74 Å². The van der Waals surface area contributed by atoms with E-state index in [0.717, 1.165) is 12.3 Å². The maximum absolute atomic E-state index is 5.57. The van der Waals surface area contributed by atoms with Gasteiger partial charge in [-0.05, 0) is 12.8 Å². The molecule has 0 spiro atoms. The van der Waals surface area contributed by atoms with E-state index in [2.05, 4.69) is 4.99 Å². The third kappa shape index (κ3) is 2.82. The van der Waals surface area contributed by atoms with Crippen molar-refractivity contribution >= 4 is 5.84 Å². The molecule has 0 aromatic heterocycles. The van der Waals surface area contributed by atoms with Gasteiger partial charge < -0.3 is 10.5 Å². The number of nitrogens with zero attached hydrogens (tertiary/aromatic N) is 1. The first-order valence-electron chi connectivity index (χ1n) is 3.64. The monoisotopic (exact) mass is 142 g/mol. The highest BCUT2D eigenvalue weighted by molar-refractivity contribution is 5.80. The molecule has 0 atom stereocenters. The summed E-state index contributed by atoms with van der Waals surface area (Å²) in [5, 5.41) is 0. The van der Waals surface area contributed by atoms with Gasteiger partial charge in [0.2, 0.25) is 0 Å². The van der Waals surface area contributed by atoms with Crippen LogP contribution in [0.2, 0.25) is 0 Å². The molecule has 0 amide bonds. The van der Waals surface area contributed by atoms with E-state index in [0.29, 0.717) is 12.6 Å². The molecular formula is C7H14N2O. The molecule has 58 valence electrons. The molecule has 1 aliphatic carbocycles. The lowest BCUT2D eigenvalue weighted by Gasteiger charge is -1.97. The lowest BCUT2D eigenvalue weighted by Crippen LogP contribution is -2.14. The standard InChI is InChI=1S/C7H14N2O/c1-10-5-4-7(8)9-6-2-3-6/h6H,2-5H2,1H3,(H2,8,9). The molecule has 10 heavy (non-hydrogen) atoms. The van der Waals surface area contributed by atoms with Crippen molar-refractivity contribution < 1.29 is 4.74 Å². The highest BCUT2D eigenvalue weighted by atomic mass is 16.5. The molecule has 0 radical (unpaired) electrons. The minimum Gasteiger partial charge on any atom is -0.387 e. The van der Waals surface area contributed by atoms with Crippen LogP contribution in [0.15, 0.2) is 4.99 Å². The Hall–Kier alpha value is -0.570. The Morgan fingerprint density at radius 1 is 1.70 bits per heavy atom. The number of hydrogen-bond acceptors (Lipinski definition) is 2. The molecule has 3 nitrogen and oxygen atoms in total. The van der Waals surface area contributed by atoms with Gasteiger partial charge in [-0.1, -0.05) is 0 Å². The van der Waals surface area contributed by atoms with Crippen molar-refractivity contribution in [2.24, 2.45) is 10.7 Å². The fraction of sp³-hybridized carbons (Fsp3) is 0.857. The van der Waals surface area contributed by atoms with Crippen molar-refractivity contribution in [2.75, 3.05) is 13.7 Å². The molecule has 0 aromatic carbocycles. The van der Waals surface area contributed by atoms with Crippen molar-refractivity contribution in [1.82, 2.24) is 0 Å². The number of nitrogens with two attached hydrogens (primary N) is 1. The molecule has 0 bridgehead atoms. The average molecular weight is 142 g/mol. The van der Waals surface area contributed by atoms with E-state index in [4.69, 9.17) is 10.5 Å². The molecule has 1 saturated carbocycles. The second-order valence-electron chi connectivity index (χ2n) is 2.59. The maximum Gasteiger partial charge on any atom is 0.0963 e. The summed E-state index contributed by atoms with van der Waals surface area (Å²) in [7, 11) is 1.67. The largest absolute Gasteiger partial charge is 0.387 e. The zero-order chi connectivity index (χ0) is 7.40. The number of methoxy groups -OCH3 is 1. The van der Waals surface area contributed by atoms with E-state index in [1.807, 2.05) is 0 Å². The summed E-state index contributed by atoms with van der Waals surface area (Å²) in [6.45, 7) is 0.683. The van der Waals surface area contributed by atoms with Crippen LogP contribution < -0.4 is 5.73 Å². The number of hydrogen-bond donors (Lipinski definition) is 1. The van der Waals surface area contributed by atoms with E-state index < -0.39 is 0 Å². The van der Waals surface area contributed by atoms with Gasteiger partial charge in [0.25, 0.3) is 0 Å². The van der Waals surface area contributed by atoms with Crippen LogP contribution in [0.1, 0.15) is 19.3 Å². The zero-order valence-corrected chi connectivity index (χ0v) is 6.34. The second-order valence-corrected chi connectivity index (χ2v) is 2.59. The van der Waals surface area contributed by atoms with E-state index >= 15 is 0 Å². The number of ether oxygens (including phenoxy) is 1. The molecular weight excluding hydrogens is 128 g/mol. The average Bonchev–Trinajstić information content (AvgIpc) is 2.67. The summed E-state index contributed by atoms with van der Waals surface area (Å²) in [6, 6.07) is 0.539. The van der Waals surface area contributed by atoms with Crippen molar-refractivity contribution in [1.29, 1.82) is 0 Å². The Kier molecular flexibility index (Phi) is 2.68. The molecule has 0 heterocycles. The highest BCUT2D eigenvalue weighted by Gasteiger charge is 2.19. The van der Waals surface area contributed by atoms with Crippen LogP contribution in [0.5, 0.6) is 0 Å². The van der Waals surface area contributed by atoms with Crippen LogP contribution in [0, 0.1) is 0 Å². The lowest BCUT2D eigenvalue weighted by molar-refractivity contribution is 0.207. The predicted octanol–water partition coefficient (Wildman–Crippen LogP) is 0.543. The first-order chi connectivity index (χ1) is 4.83. The van der Waals surface area contributed by atoms with Gasteiger partial charge in [-0.25, -0.2) is 0 Å². The quantitative estimate of drug-likeness (QED) is 0.460. The first-order valence-corrected chi connectivity index (χ1v) is 3.64. The molecule has 0 aliphatic heterocycles. The van der Waals surface area contributed by atoms with Crippen molar-refractivity contribution in [3.63, 3.8) is 0 Å². The Morgan fingerprint density at radius 3 is 2.90 bits per heavy atom. The third-order valence-corrected chi connectivity index (χ3v) is 1.46. The molecule has 3 heteroatoms. The van der Waals surface area contributed by atoms with Crippen LogP contribution in [0.25, 0.3) is 0 Å². The number of amidine groups is 1. The molecule has 0 unspecified atom stereocenters. The van der Waals surface area contributed by atoms with Gasteiger partial charge in [0.15, 0.2) is 0 Å². The maximum atomic E-state index is 5.57.